The van der Waals surface area contributed by atoms with Crippen LogP contribution in [0.4, 0.5) is 0 Å². The number of hydrogen-bond donors (Lipinski definition) is 1. The van der Waals surface area contributed by atoms with Crippen molar-refractivity contribution in [1.29, 1.82) is 0 Å². The van der Waals surface area contributed by atoms with E-state index in [0.717, 1.165) is 31.7 Å². The van der Waals surface area contributed by atoms with Crippen molar-refractivity contribution in [3.05, 3.63) is 22.8 Å². The minimum absolute atomic E-state index is 0.105. The molecule has 4 nitrogen and oxygen atoms in total. The van der Waals surface area contributed by atoms with E-state index >= 15 is 0 Å². The quantitative estimate of drug-likeness (QED) is 0.474. The summed E-state index contributed by atoms with van der Waals surface area (Å²) in [5.41, 5.74) is 6.01. The van der Waals surface area contributed by atoms with Gasteiger partial charge in [0.15, 0.2) is 6.23 Å². The van der Waals surface area contributed by atoms with E-state index in [4.69, 9.17) is 4.74 Å². The number of aliphatic hydroxyl groups excluding tert-OH is 1. The molecular formula is C30H47NO3. The summed E-state index contributed by atoms with van der Waals surface area (Å²) in [7, 11) is 1.98. The third-order valence-electron chi connectivity index (χ3n) is 11.0. The zero-order valence-electron chi connectivity index (χ0n) is 22.1. The molecule has 5 rings (SSSR count). The number of fused-ring (bicyclic) bond motifs is 4. The molecule has 5 aliphatic rings. The third kappa shape index (κ3) is 4.21. The number of ether oxygens (including phenoxy) is 1. The van der Waals surface area contributed by atoms with Gasteiger partial charge in [0.2, 0.25) is 0 Å². The molecule has 1 heterocycles. The second kappa shape index (κ2) is 9.39. The molecule has 0 aromatic carbocycles. The maximum absolute atomic E-state index is 12.7. The highest BCUT2D eigenvalue weighted by Gasteiger charge is 2.52. The number of aliphatic hydroxyl groups is 1. The third-order valence-corrected chi connectivity index (χ3v) is 11.0. The summed E-state index contributed by atoms with van der Waals surface area (Å²) in [6.07, 6.45) is 16.7. The topological polar surface area (TPSA) is 49.8 Å². The van der Waals surface area contributed by atoms with Gasteiger partial charge in [-0.1, -0.05) is 45.3 Å². The van der Waals surface area contributed by atoms with Gasteiger partial charge < -0.3 is 9.84 Å². The first kappa shape index (κ1) is 24.6. The predicted octanol–water partition coefficient (Wildman–Crippen LogP) is 6.39. The van der Waals surface area contributed by atoms with Crippen LogP contribution in [0.25, 0.3) is 0 Å². The van der Waals surface area contributed by atoms with E-state index < -0.39 is 0 Å². The summed E-state index contributed by atoms with van der Waals surface area (Å²) >= 11 is 0. The van der Waals surface area contributed by atoms with Crippen LogP contribution in [0.2, 0.25) is 0 Å². The predicted molar refractivity (Wildman–Crippen MR) is 136 cm³/mol. The number of likely N-dealkylation sites (tertiary alicyclic amines) is 1. The van der Waals surface area contributed by atoms with Crippen molar-refractivity contribution in [2.75, 3.05) is 13.6 Å². The highest BCUT2D eigenvalue weighted by molar-refractivity contribution is 5.69. The van der Waals surface area contributed by atoms with Crippen molar-refractivity contribution in [3.8, 4) is 0 Å². The Balaban J connectivity index is 1.22. The summed E-state index contributed by atoms with van der Waals surface area (Å²) in [6, 6.07) is 0. The van der Waals surface area contributed by atoms with Crippen LogP contribution in [0.15, 0.2) is 22.8 Å². The highest BCUT2D eigenvalue weighted by atomic mass is 16.6. The standard InChI is InChI=1S/C30H47NO3/c1-20(8-13-28(33)34-27-19-22(32)15-18-31(27)4)24-11-12-25-23-10-9-21-7-5-6-16-29(21,2)26(23)14-17-30(24,25)3/h12,20-22,24,27,32H,5-11,13-19H2,1-4H3/t20-,21?,22?,24-,27?,29+,30-/m1/s1. The molecule has 1 aliphatic heterocycles. The lowest BCUT2D eigenvalue weighted by atomic mass is 9.52. The van der Waals surface area contributed by atoms with Gasteiger partial charge in [-0.2, -0.15) is 0 Å². The number of hydrogen-bond acceptors (Lipinski definition) is 4. The molecule has 0 radical (unpaired) electrons. The Morgan fingerprint density at radius 1 is 1.18 bits per heavy atom. The van der Waals surface area contributed by atoms with Crippen LogP contribution in [0.5, 0.6) is 0 Å². The molecule has 190 valence electrons. The molecule has 0 aromatic rings. The van der Waals surface area contributed by atoms with Crippen LogP contribution < -0.4 is 0 Å². The SMILES string of the molecule is C[C@H](CCC(=O)OC1CC(O)CCN1C)[C@H]1CC=C2C3=C(CC[C@@]21C)[C@@]1(C)CCCCC1CC3. The van der Waals surface area contributed by atoms with Crippen LogP contribution in [0, 0.1) is 28.6 Å². The fourth-order valence-electron chi connectivity index (χ4n) is 8.71. The number of allylic oxidation sites excluding steroid dienone is 4. The molecule has 7 atom stereocenters. The van der Waals surface area contributed by atoms with E-state index in [1.54, 1.807) is 11.1 Å². The van der Waals surface area contributed by atoms with Gasteiger partial charge in [0, 0.05) is 19.4 Å². The largest absolute Gasteiger partial charge is 0.446 e. The lowest BCUT2D eigenvalue weighted by Crippen LogP contribution is -2.44. The van der Waals surface area contributed by atoms with Crippen molar-refractivity contribution in [3.63, 3.8) is 0 Å². The molecule has 1 saturated heterocycles. The first-order chi connectivity index (χ1) is 16.2. The van der Waals surface area contributed by atoms with Gasteiger partial charge >= 0.3 is 5.97 Å². The summed E-state index contributed by atoms with van der Waals surface area (Å²) in [6.45, 7) is 8.27. The Kier molecular flexibility index (Phi) is 6.78. The van der Waals surface area contributed by atoms with Gasteiger partial charge in [-0.25, -0.2) is 0 Å². The highest BCUT2D eigenvalue weighted by Crippen LogP contribution is 2.64. The Hall–Kier alpha value is -1.13. The average Bonchev–Trinajstić information content (AvgIpc) is 3.17. The van der Waals surface area contributed by atoms with Crippen molar-refractivity contribution < 1.29 is 14.6 Å². The second-order valence-electron chi connectivity index (χ2n) is 12.9. The maximum Gasteiger partial charge on any atom is 0.307 e. The summed E-state index contributed by atoms with van der Waals surface area (Å²) in [4.78, 5) is 14.7. The van der Waals surface area contributed by atoms with E-state index in [1.165, 1.54) is 51.4 Å². The van der Waals surface area contributed by atoms with E-state index in [2.05, 4.69) is 31.7 Å². The van der Waals surface area contributed by atoms with Crippen molar-refractivity contribution in [1.82, 2.24) is 4.90 Å². The monoisotopic (exact) mass is 469 g/mol. The Morgan fingerprint density at radius 2 is 2.00 bits per heavy atom. The molecule has 0 amide bonds. The van der Waals surface area contributed by atoms with Gasteiger partial charge in [-0.05, 0) is 105 Å². The van der Waals surface area contributed by atoms with Crippen molar-refractivity contribution in [2.45, 2.75) is 117 Å². The molecule has 1 saturated carbocycles. The Labute approximate surface area is 207 Å². The molecule has 3 unspecified atom stereocenters. The molecule has 4 aliphatic carbocycles. The molecule has 4 heteroatoms. The van der Waals surface area contributed by atoms with Gasteiger partial charge in [-0.3, -0.25) is 9.69 Å². The van der Waals surface area contributed by atoms with Gasteiger partial charge in [-0.15, -0.1) is 0 Å². The zero-order valence-corrected chi connectivity index (χ0v) is 22.1. The molecule has 0 spiro atoms. The lowest BCUT2D eigenvalue weighted by Gasteiger charge is -2.53. The van der Waals surface area contributed by atoms with Crippen LogP contribution in [-0.4, -0.2) is 41.9 Å². The number of nitrogens with zero attached hydrogens (tertiary/aromatic N) is 1. The lowest BCUT2D eigenvalue weighted by molar-refractivity contribution is -0.165. The molecule has 0 bridgehead atoms. The number of carbonyl (C=O) groups excluding carboxylic acids is 1. The fourth-order valence-corrected chi connectivity index (χ4v) is 8.71. The van der Waals surface area contributed by atoms with Gasteiger partial charge in [0.25, 0.3) is 0 Å². The van der Waals surface area contributed by atoms with Crippen LogP contribution in [-0.2, 0) is 9.53 Å². The second-order valence-corrected chi connectivity index (χ2v) is 12.9. The molecule has 2 fully saturated rings. The van der Waals surface area contributed by atoms with E-state index in [1.807, 2.05) is 12.6 Å². The fraction of sp³-hybridized carbons (Fsp3) is 0.833. The van der Waals surface area contributed by atoms with Crippen LogP contribution in [0.1, 0.15) is 104 Å². The van der Waals surface area contributed by atoms with Crippen molar-refractivity contribution in [2.24, 2.45) is 28.6 Å². The van der Waals surface area contributed by atoms with E-state index in [9.17, 15) is 9.90 Å². The number of esters is 1. The van der Waals surface area contributed by atoms with Crippen LogP contribution in [0.3, 0.4) is 0 Å². The van der Waals surface area contributed by atoms with Crippen LogP contribution >= 0.6 is 0 Å². The van der Waals surface area contributed by atoms with E-state index in [0.29, 0.717) is 30.1 Å². The van der Waals surface area contributed by atoms with Gasteiger partial charge in [0.1, 0.15) is 0 Å². The number of piperidine rings is 1. The Morgan fingerprint density at radius 3 is 2.82 bits per heavy atom. The van der Waals surface area contributed by atoms with Crippen molar-refractivity contribution >= 4 is 5.97 Å². The minimum Gasteiger partial charge on any atom is -0.446 e. The summed E-state index contributed by atoms with van der Waals surface area (Å²) in [5, 5.41) is 9.95. The van der Waals surface area contributed by atoms with E-state index in [-0.39, 0.29) is 23.7 Å². The summed E-state index contributed by atoms with van der Waals surface area (Å²) in [5.74, 6) is 1.94. The zero-order chi connectivity index (χ0) is 24.1. The average molecular weight is 470 g/mol. The first-order valence-corrected chi connectivity index (χ1v) is 14.2. The molecule has 1 N–H and O–H groups in total. The minimum atomic E-state index is -0.354. The molecular weight excluding hydrogens is 422 g/mol. The number of carbonyl (C=O) groups is 1. The normalized spacial score (nSPS) is 41.3. The summed E-state index contributed by atoms with van der Waals surface area (Å²) < 4.78 is 5.76. The maximum atomic E-state index is 12.7. The Bertz CT molecular complexity index is 861. The molecule has 34 heavy (non-hydrogen) atoms. The molecule has 0 aromatic heterocycles. The first-order valence-electron chi connectivity index (χ1n) is 14.2. The number of rotatable bonds is 5. The smallest absolute Gasteiger partial charge is 0.307 e. The van der Waals surface area contributed by atoms with Gasteiger partial charge in [0.05, 0.1) is 6.10 Å².